The third-order valence-corrected chi connectivity index (χ3v) is 5.97. The maximum Gasteiger partial charge on any atom is 0.251 e. The van der Waals surface area contributed by atoms with Crippen LogP contribution in [0.3, 0.4) is 0 Å². The summed E-state index contributed by atoms with van der Waals surface area (Å²) in [5, 5.41) is 3.45. The lowest BCUT2D eigenvalue weighted by molar-refractivity contribution is -0.119. The molecule has 0 saturated carbocycles. The second-order valence-corrected chi connectivity index (χ2v) is 7.94. The minimum atomic E-state index is -0.536. The number of hydrogen-bond donors (Lipinski definition) is 2. The van der Waals surface area contributed by atoms with Gasteiger partial charge in [-0.3, -0.25) is 9.59 Å². The van der Waals surface area contributed by atoms with Crippen molar-refractivity contribution in [3.05, 3.63) is 46.1 Å². The first-order valence-electron chi connectivity index (χ1n) is 9.37. The Morgan fingerprint density at radius 2 is 1.86 bits per heavy atom. The molecule has 0 bridgehead atoms. The van der Waals surface area contributed by atoms with Crippen molar-refractivity contribution in [3.8, 4) is 11.5 Å². The van der Waals surface area contributed by atoms with Crippen molar-refractivity contribution >= 4 is 23.6 Å². The number of ether oxygens (including phenoxy) is 2. The molecular formula is C21H25N3O4S. The predicted molar refractivity (Wildman–Crippen MR) is 112 cm³/mol. The number of carbonyl (C=O) groups excluding carboxylic acids is 2. The first-order valence-corrected chi connectivity index (χ1v) is 10.4. The smallest absolute Gasteiger partial charge is 0.251 e. The molecule has 1 aliphatic rings. The van der Waals surface area contributed by atoms with Gasteiger partial charge in [-0.05, 0) is 56.5 Å². The van der Waals surface area contributed by atoms with Crippen LogP contribution in [0.2, 0.25) is 0 Å². The number of carbonyl (C=O) groups is 2. The van der Waals surface area contributed by atoms with E-state index in [-0.39, 0.29) is 17.7 Å². The van der Waals surface area contributed by atoms with Gasteiger partial charge in [0, 0.05) is 5.69 Å². The normalized spacial score (nSPS) is 13.7. The zero-order valence-electron chi connectivity index (χ0n) is 17.0. The number of thioether (sulfide) groups is 1. The van der Waals surface area contributed by atoms with Crippen LogP contribution in [-0.4, -0.2) is 35.8 Å². The Balaban J connectivity index is 1.67. The minimum absolute atomic E-state index is 0.129. The van der Waals surface area contributed by atoms with Crippen molar-refractivity contribution in [3.63, 3.8) is 0 Å². The van der Waals surface area contributed by atoms with Crippen molar-refractivity contribution in [2.75, 3.05) is 19.0 Å². The molecule has 2 heterocycles. The molecule has 0 unspecified atom stereocenters. The highest BCUT2D eigenvalue weighted by Crippen LogP contribution is 2.32. The number of nitrogens with one attached hydrogen (secondary N) is 1. The van der Waals surface area contributed by atoms with Gasteiger partial charge in [-0.1, -0.05) is 17.8 Å². The Bertz CT molecular complexity index is 961. The Morgan fingerprint density at radius 3 is 2.55 bits per heavy atom. The van der Waals surface area contributed by atoms with Gasteiger partial charge in [-0.2, -0.15) is 0 Å². The van der Waals surface area contributed by atoms with Crippen LogP contribution < -0.4 is 20.5 Å². The number of hydrogen-bond acceptors (Lipinski definition) is 6. The molecule has 0 aliphatic carbocycles. The van der Waals surface area contributed by atoms with Crippen molar-refractivity contribution in [2.45, 2.75) is 38.8 Å². The van der Waals surface area contributed by atoms with Crippen LogP contribution in [0.25, 0.3) is 0 Å². The fraction of sp³-hybridized carbons (Fsp3) is 0.381. The van der Waals surface area contributed by atoms with Crippen molar-refractivity contribution in [2.24, 2.45) is 5.73 Å². The first-order chi connectivity index (χ1) is 13.8. The lowest BCUT2D eigenvalue weighted by Gasteiger charge is -2.21. The van der Waals surface area contributed by atoms with E-state index in [9.17, 15) is 9.59 Å². The number of aryl methyl sites for hydroxylation is 1. The first kappa shape index (κ1) is 21.0. The van der Waals surface area contributed by atoms with Gasteiger partial charge < -0.3 is 20.5 Å². The van der Waals surface area contributed by atoms with Gasteiger partial charge in [0.05, 0.1) is 17.4 Å². The molecular weight excluding hydrogens is 390 g/mol. The third kappa shape index (κ3) is 4.64. The van der Waals surface area contributed by atoms with Crippen LogP contribution in [-0.2, 0) is 4.79 Å². The van der Waals surface area contributed by atoms with Crippen LogP contribution in [0.15, 0.2) is 23.2 Å². The van der Waals surface area contributed by atoms with Crippen LogP contribution in [0, 0.1) is 20.8 Å². The largest absolute Gasteiger partial charge is 0.486 e. The molecule has 1 aliphatic heterocycles. The summed E-state index contributed by atoms with van der Waals surface area (Å²) < 4.78 is 11.1. The molecule has 7 nitrogen and oxygen atoms in total. The summed E-state index contributed by atoms with van der Waals surface area (Å²) in [5.74, 6) is 0.829. The molecule has 1 aromatic carbocycles. The topological polar surface area (TPSA) is 104 Å². The average Bonchev–Trinajstić information content (AvgIpc) is 2.69. The summed E-state index contributed by atoms with van der Waals surface area (Å²) in [6, 6.07) is 5.43. The quantitative estimate of drug-likeness (QED) is 0.703. The van der Waals surface area contributed by atoms with Crippen molar-refractivity contribution in [1.82, 2.24) is 10.3 Å². The number of nitrogens with zero attached hydrogens (tertiary/aromatic N) is 1. The number of rotatable bonds is 6. The van der Waals surface area contributed by atoms with Gasteiger partial charge in [0.1, 0.15) is 18.2 Å². The number of amides is 2. The molecule has 0 radical (unpaired) electrons. The Labute approximate surface area is 174 Å². The monoisotopic (exact) mass is 415 g/mol. The summed E-state index contributed by atoms with van der Waals surface area (Å²) in [6.45, 7) is 8.58. The number of primary amides is 1. The molecule has 0 spiro atoms. The van der Waals surface area contributed by atoms with Gasteiger partial charge in [-0.25, -0.2) is 4.98 Å². The maximum absolute atomic E-state index is 12.5. The molecule has 2 aromatic rings. The second kappa shape index (κ2) is 8.73. The second-order valence-electron chi connectivity index (χ2n) is 6.97. The lowest BCUT2D eigenvalue weighted by atomic mass is 10.0. The van der Waals surface area contributed by atoms with E-state index in [4.69, 9.17) is 15.2 Å². The van der Waals surface area contributed by atoms with Gasteiger partial charge in [0.15, 0.2) is 11.5 Å². The van der Waals surface area contributed by atoms with Gasteiger partial charge >= 0.3 is 0 Å². The van der Waals surface area contributed by atoms with E-state index in [0.717, 1.165) is 22.4 Å². The summed E-state index contributed by atoms with van der Waals surface area (Å²) in [4.78, 5) is 28.8. The molecule has 0 saturated heterocycles. The van der Waals surface area contributed by atoms with Crippen LogP contribution >= 0.6 is 11.8 Å². The molecule has 1 aromatic heterocycles. The van der Waals surface area contributed by atoms with E-state index in [2.05, 4.69) is 10.3 Å². The van der Waals surface area contributed by atoms with E-state index >= 15 is 0 Å². The van der Waals surface area contributed by atoms with Gasteiger partial charge in [0.2, 0.25) is 5.91 Å². The predicted octanol–water partition coefficient (Wildman–Crippen LogP) is 2.85. The van der Waals surface area contributed by atoms with E-state index in [0.29, 0.717) is 35.3 Å². The van der Waals surface area contributed by atoms with Crippen LogP contribution in [0.4, 0.5) is 0 Å². The Morgan fingerprint density at radius 1 is 1.17 bits per heavy atom. The fourth-order valence-corrected chi connectivity index (χ4v) is 4.09. The summed E-state index contributed by atoms with van der Waals surface area (Å²) >= 11 is 1.21. The molecule has 29 heavy (non-hydrogen) atoms. The number of pyridine rings is 1. The molecule has 154 valence electrons. The molecule has 0 fully saturated rings. The molecule has 2 amide bonds. The standard InChI is InChI=1S/C21H25N3O4S/c1-11-12(2)19(20(22)26)21(24-13(11)3)29-10-18(25)23-14(4)15-5-6-16-17(9-15)28-8-7-27-16/h5-6,9,14H,7-8,10H2,1-4H3,(H2,22,26)(H,23,25)/t14-/m1/s1. The van der Waals surface area contributed by atoms with Crippen LogP contribution in [0.5, 0.6) is 11.5 Å². The Hall–Kier alpha value is -2.74. The summed E-state index contributed by atoms with van der Waals surface area (Å²) in [6.07, 6.45) is 0. The van der Waals surface area contributed by atoms with Gasteiger partial charge in [0.25, 0.3) is 5.91 Å². The SMILES string of the molecule is Cc1nc(SCC(=O)N[C@H](C)c2ccc3c(c2)OCCO3)c(C(N)=O)c(C)c1C. The third-order valence-electron chi connectivity index (χ3n) is 4.99. The van der Waals surface area contributed by atoms with Crippen molar-refractivity contribution < 1.29 is 19.1 Å². The highest BCUT2D eigenvalue weighted by Gasteiger charge is 2.20. The van der Waals surface area contributed by atoms with E-state index in [1.807, 2.05) is 45.9 Å². The van der Waals surface area contributed by atoms with Crippen molar-refractivity contribution in [1.29, 1.82) is 0 Å². The lowest BCUT2D eigenvalue weighted by Crippen LogP contribution is -2.28. The van der Waals surface area contributed by atoms with E-state index in [1.165, 1.54) is 11.8 Å². The zero-order valence-corrected chi connectivity index (χ0v) is 17.8. The average molecular weight is 416 g/mol. The maximum atomic E-state index is 12.5. The van der Waals surface area contributed by atoms with E-state index < -0.39 is 5.91 Å². The number of fused-ring (bicyclic) bond motifs is 1. The molecule has 3 rings (SSSR count). The molecule has 1 atom stereocenters. The zero-order chi connectivity index (χ0) is 21.1. The summed E-state index contributed by atoms with van der Waals surface area (Å²) in [5.41, 5.74) is 9.39. The number of benzene rings is 1. The van der Waals surface area contributed by atoms with Gasteiger partial charge in [-0.15, -0.1) is 0 Å². The van der Waals surface area contributed by atoms with E-state index in [1.54, 1.807) is 0 Å². The Kier molecular flexibility index (Phi) is 6.32. The number of aromatic nitrogens is 1. The fourth-order valence-electron chi connectivity index (χ4n) is 3.14. The number of nitrogens with two attached hydrogens (primary N) is 1. The summed E-state index contributed by atoms with van der Waals surface area (Å²) in [7, 11) is 0. The molecule has 3 N–H and O–H groups in total. The minimum Gasteiger partial charge on any atom is -0.486 e. The molecule has 8 heteroatoms. The highest BCUT2D eigenvalue weighted by atomic mass is 32.2. The highest BCUT2D eigenvalue weighted by molar-refractivity contribution is 8.00. The van der Waals surface area contributed by atoms with Crippen LogP contribution in [0.1, 0.15) is 45.7 Å².